The van der Waals surface area contributed by atoms with E-state index in [2.05, 4.69) is 20.5 Å². The van der Waals surface area contributed by atoms with E-state index in [4.69, 9.17) is 11.6 Å². The molecule has 1 heterocycles. The van der Waals surface area contributed by atoms with Gasteiger partial charge < -0.3 is 5.32 Å². The monoisotopic (exact) mass is 264 g/mol. The highest BCUT2D eigenvalue weighted by Gasteiger charge is 2.17. The van der Waals surface area contributed by atoms with Crippen LogP contribution in [0.1, 0.15) is 17.4 Å². The first-order valence-corrected chi connectivity index (χ1v) is 6.07. The molecule has 5 nitrogen and oxygen atoms in total. The minimum atomic E-state index is -0.249. The topological polar surface area (TPSA) is 70.7 Å². The minimum absolute atomic E-state index is 0.0700. The standard InChI is InChI=1S/C12H13ClN4O/c13-7-11(18)16-10(12-14-8-15-17-12)6-9-4-2-1-3-5-9/h1-5,8,10H,6-7H2,(H,16,18)(H,14,15,17)/t10-/m1/s1. The second-order valence-corrected chi connectivity index (χ2v) is 4.08. The summed E-state index contributed by atoms with van der Waals surface area (Å²) in [4.78, 5) is 15.5. The van der Waals surface area contributed by atoms with E-state index in [0.29, 0.717) is 12.2 Å². The quantitative estimate of drug-likeness (QED) is 0.803. The van der Waals surface area contributed by atoms with Crippen LogP contribution in [0.15, 0.2) is 36.7 Å². The van der Waals surface area contributed by atoms with Crippen molar-refractivity contribution in [1.29, 1.82) is 0 Å². The number of amides is 1. The van der Waals surface area contributed by atoms with Crippen molar-refractivity contribution in [3.8, 4) is 0 Å². The van der Waals surface area contributed by atoms with Gasteiger partial charge in [0, 0.05) is 0 Å². The van der Waals surface area contributed by atoms with Crippen LogP contribution in [-0.2, 0) is 11.2 Å². The smallest absolute Gasteiger partial charge is 0.235 e. The lowest BCUT2D eigenvalue weighted by molar-refractivity contribution is -0.119. The Balaban J connectivity index is 2.12. The summed E-state index contributed by atoms with van der Waals surface area (Å²) < 4.78 is 0. The lowest BCUT2D eigenvalue weighted by atomic mass is 10.1. The Labute approximate surface area is 110 Å². The van der Waals surface area contributed by atoms with Crippen molar-refractivity contribution in [1.82, 2.24) is 20.5 Å². The number of hydrogen-bond acceptors (Lipinski definition) is 3. The molecule has 0 radical (unpaired) electrons. The molecule has 0 aliphatic heterocycles. The van der Waals surface area contributed by atoms with Gasteiger partial charge in [0.05, 0.1) is 6.04 Å². The highest BCUT2D eigenvalue weighted by molar-refractivity contribution is 6.27. The molecule has 0 spiro atoms. The molecular weight excluding hydrogens is 252 g/mol. The number of nitrogens with one attached hydrogen (secondary N) is 2. The van der Waals surface area contributed by atoms with E-state index >= 15 is 0 Å². The summed E-state index contributed by atoms with van der Waals surface area (Å²) >= 11 is 5.50. The Kier molecular flexibility index (Phi) is 4.30. The second kappa shape index (κ2) is 6.16. The predicted molar refractivity (Wildman–Crippen MR) is 68.1 cm³/mol. The van der Waals surface area contributed by atoms with Crippen LogP contribution in [-0.4, -0.2) is 27.0 Å². The average Bonchev–Trinajstić information content (AvgIpc) is 2.93. The number of hydrogen-bond donors (Lipinski definition) is 2. The van der Waals surface area contributed by atoms with E-state index in [0.717, 1.165) is 5.56 Å². The zero-order chi connectivity index (χ0) is 12.8. The third kappa shape index (κ3) is 3.30. The minimum Gasteiger partial charge on any atom is -0.345 e. The van der Waals surface area contributed by atoms with Gasteiger partial charge in [0.1, 0.15) is 18.0 Å². The van der Waals surface area contributed by atoms with Crippen LogP contribution in [0.5, 0.6) is 0 Å². The van der Waals surface area contributed by atoms with Crippen LogP contribution in [0.25, 0.3) is 0 Å². The largest absolute Gasteiger partial charge is 0.345 e. The highest BCUT2D eigenvalue weighted by atomic mass is 35.5. The summed E-state index contributed by atoms with van der Waals surface area (Å²) in [6.07, 6.45) is 2.05. The first kappa shape index (κ1) is 12.6. The molecule has 1 amide bonds. The van der Waals surface area contributed by atoms with Crippen molar-refractivity contribution in [3.63, 3.8) is 0 Å². The third-order valence-electron chi connectivity index (χ3n) is 2.50. The van der Waals surface area contributed by atoms with Crippen molar-refractivity contribution < 1.29 is 4.79 Å². The first-order valence-electron chi connectivity index (χ1n) is 5.54. The van der Waals surface area contributed by atoms with Crippen LogP contribution < -0.4 is 5.32 Å². The van der Waals surface area contributed by atoms with Gasteiger partial charge in [-0.3, -0.25) is 9.89 Å². The molecule has 0 fully saturated rings. The zero-order valence-corrected chi connectivity index (χ0v) is 10.4. The van der Waals surface area contributed by atoms with Gasteiger partial charge in [0.15, 0.2) is 0 Å². The molecule has 0 saturated carbocycles. The summed E-state index contributed by atoms with van der Waals surface area (Å²) in [6.45, 7) is 0. The van der Waals surface area contributed by atoms with Crippen molar-refractivity contribution in [2.45, 2.75) is 12.5 Å². The highest BCUT2D eigenvalue weighted by Crippen LogP contribution is 2.14. The summed E-state index contributed by atoms with van der Waals surface area (Å²) in [5.74, 6) is 0.325. The van der Waals surface area contributed by atoms with Crippen LogP contribution >= 0.6 is 11.6 Å². The number of benzene rings is 1. The van der Waals surface area contributed by atoms with Gasteiger partial charge in [0.2, 0.25) is 5.91 Å². The van der Waals surface area contributed by atoms with Gasteiger partial charge in [-0.1, -0.05) is 30.3 Å². The number of nitrogens with zero attached hydrogens (tertiary/aromatic N) is 2. The van der Waals surface area contributed by atoms with Gasteiger partial charge in [0.25, 0.3) is 0 Å². The number of alkyl halides is 1. The van der Waals surface area contributed by atoms with Gasteiger partial charge in [-0.25, -0.2) is 4.98 Å². The molecule has 2 aromatic rings. The molecule has 0 aliphatic carbocycles. The fourth-order valence-electron chi connectivity index (χ4n) is 1.68. The molecule has 0 bridgehead atoms. The lowest BCUT2D eigenvalue weighted by Crippen LogP contribution is -2.31. The van der Waals surface area contributed by atoms with Crippen LogP contribution in [0, 0.1) is 0 Å². The number of H-pyrrole nitrogens is 1. The van der Waals surface area contributed by atoms with Crippen molar-refractivity contribution in [3.05, 3.63) is 48.0 Å². The lowest BCUT2D eigenvalue weighted by Gasteiger charge is -2.15. The third-order valence-corrected chi connectivity index (χ3v) is 2.75. The molecular formula is C12H13ClN4O. The number of aromatic nitrogens is 3. The maximum Gasteiger partial charge on any atom is 0.235 e. The van der Waals surface area contributed by atoms with Gasteiger partial charge in [-0.05, 0) is 12.0 Å². The zero-order valence-electron chi connectivity index (χ0n) is 9.64. The van der Waals surface area contributed by atoms with E-state index in [1.807, 2.05) is 30.3 Å². The fourth-order valence-corrected chi connectivity index (χ4v) is 1.76. The SMILES string of the molecule is O=C(CCl)N[C@H](Cc1ccccc1)c1ncn[nH]1. The van der Waals surface area contributed by atoms with Gasteiger partial charge >= 0.3 is 0 Å². The average molecular weight is 265 g/mol. The maximum absolute atomic E-state index is 11.4. The van der Waals surface area contributed by atoms with Crippen molar-refractivity contribution >= 4 is 17.5 Å². The van der Waals surface area contributed by atoms with E-state index in [9.17, 15) is 4.79 Å². The Morgan fingerprint density at radius 3 is 2.78 bits per heavy atom. The molecule has 0 aliphatic rings. The Morgan fingerprint density at radius 1 is 1.39 bits per heavy atom. The summed E-state index contributed by atoms with van der Waals surface area (Å²) in [7, 11) is 0. The molecule has 18 heavy (non-hydrogen) atoms. The maximum atomic E-state index is 11.4. The first-order chi connectivity index (χ1) is 8.79. The molecule has 1 aromatic carbocycles. The summed E-state index contributed by atoms with van der Waals surface area (Å²) in [6, 6.07) is 9.60. The summed E-state index contributed by atoms with van der Waals surface area (Å²) in [5, 5.41) is 9.38. The van der Waals surface area contributed by atoms with E-state index in [1.165, 1.54) is 6.33 Å². The normalized spacial score (nSPS) is 12.1. The Bertz CT molecular complexity index is 486. The second-order valence-electron chi connectivity index (χ2n) is 3.81. The predicted octanol–water partition coefficient (Wildman–Crippen LogP) is 1.44. The molecule has 1 aromatic heterocycles. The van der Waals surface area contributed by atoms with E-state index < -0.39 is 0 Å². The number of aromatic amines is 1. The molecule has 1 atom stereocenters. The molecule has 2 N–H and O–H groups in total. The van der Waals surface area contributed by atoms with Crippen LogP contribution in [0.2, 0.25) is 0 Å². The molecule has 2 rings (SSSR count). The van der Waals surface area contributed by atoms with Crippen LogP contribution in [0.3, 0.4) is 0 Å². The number of carbonyl (C=O) groups is 1. The number of rotatable bonds is 5. The van der Waals surface area contributed by atoms with Crippen LogP contribution in [0.4, 0.5) is 0 Å². The van der Waals surface area contributed by atoms with Crippen molar-refractivity contribution in [2.24, 2.45) is 0 Å². The molecule has 0 saturated heterocycles. The summed E-state index contributed by atoms with van der Waals surface area (Å²) in [5.41, 5.74) is 1.11. The van der Waals surface area contributed by atoms with E-state index in [1.54, 1.807) is 0 Å². The van der Waals surface area contributed by atoms with E-state index in [-0.39, 0.29) is 17.8 Å². The number of halogens is 1. The van der Waals surface area contributed by atoms with Gasteiger partial charge in [-0.15, -0.1) is 11.6 Å². The number of carbonyl (C=O) groups excluding carboxylic acids is 1. The molecule has 0 unspecified atom stereocenters. The van der Waals surface area contributed by atoms with Gasteiger partial charge in [-0.2, -0.15) is 5.10 Å². The fraction of sp³-hybridized carbons (Fsp3) is 0.250. The molecule has 94 valence electrons. The Hall–Kier alpha value is -1.88. The van der Waals surface area contributed by atoms with Crippen molar-refractivity contribution in [2.75, 3.05) is 5.88 Å². The molecule has 6 heteroatoms. The Morgan fingerprint density at radius 2 is 2.17 bits per heavy atom.